The third-order valence-corrected chi connectivity index (χ3v) is 1.29. The lowest BCUT2D eigenvalue weighted by Gasteiger charge is -1.93. The summed E-state index contributed by atoms with van der Waals surface area (Å²) in [6.45, 7) is 1.96. The van der Waals surface area contributed by atoms with Crippen molar-refractivity contribution in [2.75, 3.05) is 7.05 Å². The van der Waals surface area contributed by atoms with Crippen molar-refractivity contribution < 1.29 is 0 Å². The number of nitrogens with one attached hydrogen (secondary N) is 2. The standard InChI is InChI=1S/C4H10N2S/c1-3-4(5)7-6-2/h5-6H,3H2,1-2H3. The molecule has 0 rings (SSSR count). The van der Waals surface area contributed by atoms with Crippen LogP contribution in [0.5, 0.6) is 0 Å². The van der Waals surface area contributed by atoms with Crippen molar-refractivity contribution in [2.45, 2.75) is 13.3 Å². The van der Waals surface area contributed by atoms with Crippen molar-refractivity contribution >= 4 is 17.0 Å². The third kappa shape index (κ3) is 3.82. The van der Waals surface area contributed by atoms with Gasteiger partial charge in [-0.15, -0.1) is 0 Å². The van der Waals surface area contributed by atoms with Gasteiger partial charge in [0, 0.05) is 0 Å². The van der Waals surface area contributed by atoms with Gasteiger partial charge < -0.3 is 0 Å². The van der Waals surface area contributed by atoms with Gasteiger partial charge in [0.05, 0.1) is 5.04 Å². The molecule has 7 heavy (non-hydrogen) atoms. The van der Waals surface area contributed by atoms with Gasteiger partial charge in [0.2, 0.25) is 0 Å². The number of rotatable bonds is 2. The van der Waals surface area contributed by atoms with Crippen LogP contribution in [-0.2, 0) is 0 Å². The molecule has 0 saturated carbocycles. The molecule has 0 heterocycles. The lowest BCUT2D eigenvalue weighted by atomic mass is 10.5. The monoisotopic (exact) mass is 118 g/mol. The van der Waals surface area contributed by atoms with Crippen molar-refractivity contribution in [1.29, 1.82) is 5.41 Å². The molecule has 0 radical (unpaired) electrons. The lowest BCUT2D eigenvalue weighted by Crippen LogP contribution is -1.97. The molecule has 42 valence electrons. The highest BCUT2D eigenvalue weighted by Gasteiger charge is 1.86. The highest BCUT2D eigenvalue weighted by Crippen LogP contribution is 1.96. The number of hydrogen-bond donors (Lipinski definition) is 2. The van der Waals surface area contributed by atoms with Crippen LogP contribution < -0.4 is 4.72 Å². The van der Waals surface area contributed by atoms with E-state index >= 15 is 0 Å². The second-order valence-corrected chi connectivity index (χ2v) is 2.19. The maximum absolute atomic E-state index is 7.04. The van der Waals surface area contributed by atoms with Crippen LogP contribution in [0.25, 0.3) is 0 Å². The first-order valence-corrected chi connectivity index (χ1v) is 3.04. The summed E-state index contributed by atoms with van der Waals surface area (Å²) >= 11 is 1.36. The Hall–Kier alpha value is -0.0200. The first-order chi connectivity index (χ1) is 3.31. The second kappa shape index (κ2) is 4.15. The smallest absolute Gasteiger partial charge is 0.0789 e. The summed E-state index contributed by atoms with van der Waals surface area (Å²) in [6.07, 6.45) is 0.825. The highest BCUT2D eigenvalue weighted by atomic mass is 32.2. The molecule has 0 aromatic heterocycles. The Kier molecular flexibility index (Phi) is 4.14. The van der Waals surface area contributed by atoms with Crippen LogP contribution in [0.4, 0.5) is 0 Å². The average Bonchev–Trinajstić information content (AvgIpc) is 1.68. The summed E-state index contributed by atoms with van der Waals surface area (Å²) in [5, 5.41) is 7.72. The van der Waals surface area contributed by atoms with E-state index in [-0.39, 0.29) is 0 Å². The van der Waals surface area contributed by atoms with E-state index in [4.69, 9.17) is 5.41 Å². The fourth-order valence-electron chi connectivity index (χ4n) is 0.195. The summed E-state index contributed by atoms with van der Waals surface area (Å²) in [7, 11) is 1.81. The summed E-state index contributed by atoms with van der Waals surface area (Å²) < 4.78 is 2.81. The second-order valence-electron chi connectivity index (χ2n) is 1.08. The van der Waals surface area contributed by atoms with Crippen LogP contribution >= 0.6 is 11.9 Å². The molecule has 0 aliphatic heterocycles. The molecule has 0 aliphatic rings. The van der Waals surface area contributed by atoms with Gasteiger partial charge in [-0.05, 0) is 25.4 Å². The SMILES string of the molecule is CCC(=N)SNC. The summed E-state index contributed by atoms with van der Waals surface area (Å²) in [5.41, 5.74) is 0. The van der Waals surface area contributed by atoms with Crippen LogP contribution in [-0.4, -0.2) is 12.1 Å². The van der Waals surface area contributed by atoms with Gasteiger partial charge in [-0.2, -0.15) is 0 Å². The largest absolute Gasteiger partial charge is 0.297 e. The molecular weight excluding hydrogens is 108 g/mol. The predicted octanol–water partition coefficient (Wildman–Crippen LogP) is 1.24. The van der Waals surface area contributed by atoms with Gasteiger partial charge in [-0.1, -0.05) is 6.92 Å². The van der Waals surface area contributed by atoms with E-state index in [1.165, 1.54) is 11.9 Å². The van der Waals surface area contributed by atoms with E-state index in [2.05, 4.69) is 4.72 Å². The minimum atomic E-state index is 0.683. The van der Waals surface area contributed by atoms with Gasteiger partial charge in [0.15, 0.2) is 0 Å². The maximum Gasteiger partial charge on any atom is 0.0789 e. The Bertz CT molecular complexity index is 62.7. The van der Waals surface area contributed by atoms with Gasteiger partial charge in [0.25, 0.3) is 0 Å². The molecule has 2 nitrogen and oxygen atoms in total. The molecule has 0 bridgehead atoms. The molecule has 0 saturated heterocycles. The molecule has 0 atom stereocenters. The highest BCUT2D eigenvalue weighted by molar-refractivity contribution is 8.12. The minimum Gasteiger partial charge on any atom is -0.297 e. The van der Waals surface area contributed by atoms with Crippen molar-refractivity contribution in [2.24, 2.45) is 0 Å². The first kappa shape index (κ1) is 6.98. The molecule has 0 aromatic rings. The van der Waals surface area contributed by atoms with E-state index in [0.717, 1.165) is 6.42 Å². The Morgan fingerprint density at radius 1 is 1.86 bits per heavy atom. The fraction of sp³-hybridized carbons (Fsp3) is 0.750. The minimum absolute atomic E-state index is 0.683. The van der Waals surface area contributed by atoms with E-state index in [1.807, 2.05) is 14.0 Å². The summed E-state index contributed by atoms with van der Waals surface area (Å²) in [5.74, 6) is 0. The van der Waals surface area contributed by atoms with E-state index in [1.54, 1.807) is 0 Å². The van der Waals surface area contributed by atoms with Gasteiger partial charge >= 0.3 is 0 Å². The molecule has 2 N–H and O–H groups in total. The van der Waals surface area contributed by atoms with Gasteiger partial charge in [-0.3, -0.25) is 10.1 Å². The molecular formula is C4H10N2S. The van der Waals surface area contributed by atoms with Gasteiger partial charge in [0.1, 0.15) is 0 Å². The summed E-state index contributed by atoms with van der Waals surface area (Å²) in [6, 6.07) is 0. The molecule has 0 spiro atoms. The molecule has 3 heteroatoms. The van der Waals surface area contributed by atoms with Crippen molar-refractivity contribution in [3.63, 3.8) is 0 Å². The molecule has 0 aliphatic carbocycles. The zero-order chi connectivity index (χ0) is 5.70. The van der Waals surface area contributed by atoms with Crippen molar-refractivity contribution in [1.82, 2.24) is 4.72 Å². The lowest BCUT2D eigenvalue weighted by molar-refractivity contribution is 1.26. The van der Waals surface area contributed by atoms with Crippen LogP contribution in [0, 0.1) is 5.41 Å². The zero-order valence-electron chi connectivity index (χ0n) is 4.62. The van der Waals surface area contributed by atoms with Crippen LogP contribution in [0.2, 0.25) is 0 Å². The molecule has 0 amide bonds. The van der Waals surface area contributed by atoms with Gasteiger partial charge in [-0.25, -0.2) is 0 Å². The van der Waals surface area contributed by atoms with Crippen molar-refractivity contribution in [3.8, 4) is 0 Å². The third-order valence-electron chi connectivity index (χ3n) is 0.546. The average molecular weight is 118 g/mol. The zero-order valence-corrected chi connectivity index (χ0v) is 5.43. The Morgan fingerprint density at radius 3 is 2.57 bits per heavy atom. The molecule has 0 unspecified atom stereocenters. The Morgan fingerprint density at radius 2 is 2.43 bits per heavy atom. The molecule has 0 fully saturated rings. The number of hydrogen-bond acceptors (Lipinski definition) is 3. The predicted molar refractivity (Wildman–Crippen MR) is 34.7 cm³/mol. The summed E-state index contributed by atoms with van der Waals surface area (Å²) in [4.78, 5) is 0. The van der Waals surface area contributed by atoms with Crippen LogP contribution in [0.1, 0.15) is 13.3 Å². The maximum atomic E-state index is 7.04. The molecule has 0 aromatic carbocycles. The van der Waals surface area contributed by atoms with E-state index < -0.39 is 0 Å². The quantitative estimate of drug-likeness (QED) is 0.325. The van der Waals surface area contributed by atoms with Crippen LogP contribution in [0.3, 0.4) is 0 Å². The van der Waals surface area contributed by atoms with E-state index in [9.17, 15) is 0 Å². The topological polar surface area (TPSA) is 35.9 Å². The fourth-order valence-corrected chi connectivity index (χ4v) is 0.586. The Labute approximate surface area is 48.3 Å². The normalized spacial score (nSPS) is 8.86. The van der Waals surface area contributed by atoms with Crippen LogP contribution in [0.15, 0.2) is 0 Å². The first-order valence-electron chi connectivity index (χ1n) is 2.22. The Balaban J connectivity index is 3.00. The van der Waals surface area contributed by atoms with Crippen molar-refractivity contribution in [3.05, 3.63) is 0 Å². The van der Waals surface area contributed by atoms with E-state index in [0.29, 0.717) is 5.04 Å².